The van der Waals surface area contributed by atoms with Gasteiger partial charge in [0.15, 0.2) is 5.82 Å². The molecule has 1 saturated heterocycles. The summed E-state index contributed by atoms with van der Waals surface area (Å²) in [7, 11) is 0. The minimum atomic E-state index is -0.407. The van der Waals surface area contributed by atoms with Gasteiger partial charge in [0.05, 0.1) is 6.54 Å². The fourth-order valence-electron chi connectivity index (χ4n) is 3.30. The summed E-state index contributed by atoms with van der Waals surface area (Å²) < 4.78 is 5.44. The molecule has 1 saturated carbocycles. The summed E-state index contributed by atoms with van der Waals surface area (Å²) in [5.74, 6) is 1.78. The lowest BCUT2D eigenvalue weighted by Crippen LogP contribution is -2.49. The van der Waals surface area contributed by atoms with Crippen LogP contribution in [0.25, 0.3) is 0 Å². The van der Waals surface area contributed by atoms with Crippen LogP contribution in [-0.2, 0) is 11.3 Å². The lowest BCUT2D eigenvalue weighted by atomic mass is 9.89. The normalized spacial score (nSPS) is 21.2. The standard InChI is InChI=1S/C15H24N4O3/c20-11-14(21)19-8-6-18(7-9-19)10-13-16-15(22-17-13)12-4-2-1-3-5-12/h12,20H,1-11H2. The maximum Gasteiger partial charge on any atom is 0.248 e. The molecule has 0 unspecified atom stereocenters. The van der Waals surface area contributed by atoms with E-state index in [1.165, 1.54) is 19.3 Å². The Kier molecular flexibility index (Phi) is 5.04. The average Bonchev–Trinajstić information content (AvgIpc) is 3.04. The third-order valence-corrected chi connectivity index (χ3v) is 4.66. The Morgan fingerprint density at radius 3 is 2.59 bits per heavy atom. The van der Waals surface area contributed by atoms with Gasteiger partial charge in [0.25, 0.3) is 0 Å². The number of hydrogen-bond acceptors (Lipinski definition) is 6. The molecule has 1 aromatic rings. The Hall–Kier alpha value is -1.47. The first-order valence-electron chi connectivity index (χ1n) is 8.19. The molecule has 1 amide bonds. The van der Waals surface area contributed by atoms with Crippen LogP contribution < -0.4 is 0 Å². The van der Waals surface area contributed by atoms with Gasteiger partial charge in [-0.25, -0.2) is 0 Å². The highest BCUT2D eigenvalue weighted by molar-refractivity contribution is 5.77. The van der Waals surface area contributed by atoms with Crippen molar-refractivity contribution in [1.82, 2.24) is 19.9 Å². The first-order valence-corrected chi connectivity index (χ1v) is 8.19. The van der Waals surface area contributed by atoms with Gasteiger partial charge in [0, 0.05) is 32.1 Å². The highest BCUT2D eigenvalue weighted by atomic mass is 16.5. The molecular formula is C15H24N4O3. The number of carbonyl (C=O) groups is 1. The number of rotatable bonds is 4. The smallest absolute Gasteiger partial charge is 0.248 e. The van der Waals surface area contributed by atoms with Gasteiger partial charge in [-0.2, -0.15) is 4.98 Å². The molecule has 2 aliphatic rings. The highest BCUT2D eigenvalue weighted by Gasteiger charge is 2.24. The maximum atomic E-state index is 11.4. The average molecular weight is 308 g/mol. The summed E-state index contributed by atoms with van der Waals surface area (Å²) in [4.78, 5) is 19.9. The number of hydrogen-bond donors (Lipinski definition) is 1. The van der Waals surface area contributed by atoms with Crippen LogP contribution in [0.15, 0.2) is 4.52 Å². The van der Waals surface area contributed by atoms with Crippen LogP contribution in [0.4, 0.5) is 0 Å². The number of aliphatic hydroxyl groups excluding tert-OH is 1. The van der Waals surface area contributed by atoms with Gasteiger partial charge >= 0.3 is 0 Å². The predicted octanol–water partition coefficient (Wildman–Crippen LogP) is 0.754. The zero-order valence-electron chi connectivity index (χ0n) is 12.9. The van der Waals surface area contributed by atoms with Crippen LogP contribution in [-0.4, -0.2) is 63.7 Å². The molecule has 7 nitrogen and oxygen atoms in total. The van der Waals surface area contributed by atoms with E-state index in [2.05, 4.69) is 15.0 Å². The van der Waals surface area contributed by atoms with Crippen molar-refractivity contribution in [1.29, 1.82) is 0 Å². The SMILES string of the molecule is O=C(CO)N1CCN(Cc2noc(C3CCCCC3)n2)CC1. The van der Waals surface area contributed by atoms with Crippen molar-refractivity contribution in [3.63, 3.8) is 0 Å². The summed E-state index contributed by atoms with van der Waals surface area (Å²) >= 11 is 0. The second-order valence-electron chi connectivity index (χ2n) is 6.20. The molecule has 0 aromatic carbocycles. The van der Waals surface area contributed by atoms with E-state index in [4.69, 9.17) is 9.63 Å². The Labute approximate surface area is 130 Å². The number of piperazine rings is 1. The quantitative estimate of drug-likeness (QED) is 0.884. The van der Waals surface area contributed by atoms with Gasteiger partial charge in [0.2, 0.25) is 11.8 Å². The first-order chi connectivity index (χ1) is 10.8. The zero-order valence-corrected chi connectivity index (χ0v) is 12.9. The minimum absolute atomic E-state index is 0.196. The lowest BCUT2D eigenvalue weighted by molar-refractivity contribution is -0.136. The van der Waals surface area contributed by atoms with Gasteiger partial charge in [-0.15, -0.1) is 0 Å². The van der Waals surface area contributed by atoms with Gasteiger partial charge in [0.1, 0.15) is 6.61 Å². The van der Waals surface area contributed by atoms with Crippen molar-refractivity contribution < 1.29 is 14.4 Å². The molecule has 122 valence electrons. The van der Waals surface area contributed by atoms with Crippen molar-refractivity contribution in [3.8, 4) is 0 Å². The Morgan fingerprint density at radius 1 is 1.18 bits per heavy atom. The molecule has 7 heteroatoms. The predicted molar refractivity (Wildman–Crippen MR) is 79.1 cm³/mol. The Bertz CT molecular complexity index is 491. The minimum Gasteiger partial charge on any atom is -0.387 e. The second-order valence-corrected chi connectivity index (χ2v) is 6.20. The third kappa shape index (κ3) is 3.64. The topological polar surface area (TPSA) is 82.7 Å². The summed E-state index contributed by atoms with van der Waals surface area (Å²) in [6.07, 6.45) is 6.13. The van der Waals surface area contributed by atoms with Crippen molar-refractivity contribution in [2.24, 2.45) is 0 Å². The number of nitrogens with zero attached hydrogens (tertiary/aromatic N) is 4. The van der Waals surface area contributed by atoms with E-state index in [0.717, 1.165) is 37.6 Å². The van der Waals surface area contributed by atoms with Gasteiger partial charge in [-0.1, -0.05) is 24.4 Å². The molecular weight excluding hydrogens is 284 g/mol. The molecule has 1 N–H and O–H groups in total. The summed E-state index contributed by atoms with van der Waals surface area (Å²) in [5.41, 5.74) is 0. The van der Waals surface area contributed by atoms with Crippen LogP contribution >= 0.6 is 0 Å². The molecule has 2 heterocycles. The molecule has 1 aromatic heterocycles. The van der Waals surface area contributed by atoms with E-state index >= 15 is 0 Å². The monoisotopic (exact) mass is 308 g/mol. The summed E-state index contributed by atoms with van der Waals surface area (Å²) in [6, 6.07) is 0. The Morgan fingerprint density at radius 2 is 1.91 bits per heavy atom. The maximum absolute atomic E-state index is 11.4. The molecule has 0 atom stereocenters. The summed E-state index contributed by atoms with van der Waals surface area (Å²) in [6.45, 7) is 3.10. The fraction of sp³-hybridized carbons (Fsp3) is 0.800. The van der Waals surface area contributed by atoms with Crippen LogP contribution in [0.3, 0.4) is 0 Å². The van der Waals surface area contributed by atoms with Crippen molar-refractivity contribution in [2.45, 2.75) is 44.6 Å². The molecule has 0 spiro atoms. The van der Waals surface area contributed by atoms with Gasteiger partial charge < -0.3 is 14.5 Å². The number of amides is 1. The molecule has 22 heavy (non-hydrogen) atoms. The number of aliphatic hydroxyl groups is 1. The largest absolute Gasteiger partial charge is 0.387 e. The zero-order chi connectivity index (χ0) is 15.4. The van der Waals surface area contributed by atoms with E-state index in [9.17, 15) is 4.79 Å². The van der Waals surface area contributed by atoms with Crippen LogP contribution in [0.1, 0.15) is 49.7 Å². The van der Waals surface area contributed by atoms with Crippen LogP contribution in [0.5, 0.6) is 0 Å². The fourth-order valence-corrected chi connectivity index (χ4v) is 3.30. The molecule has 0 bridgehead atoms. The van der Waals surface area contributed by atoms with E-state index in [0.29, 0.717) is 25.6 Å². The molecule has 1 aliphatic carbocycles. The van der Waals surface area contributed by atoms with Crippen LogP contribution in [0.2, 0.25) is 0 Å². The van der Waals surface area contributed by atoms with E-state index in [-0.39, 0.29) is 5.91 Å². The highest BCUT2D eigenvalue weighted by Crippen LogP contribution is 2.31. The summed E-state index contributed by atoms with van der Waals surface area (Å²) in [5, 5.41) is 13.0. The molecule has 2 fully saturated rings. The number of aromatic nitrogens is 2. The third-order valence-electron chi connectivity index (χ3n) is 4.66. The van der Waals surface area contributed by atoms with Gasteiger partial charge in [-0.05, 0) is 12.8 Å². The van der Waals surface area contributed by atoms with Crippen LogP contribution in [0, 0.1) is 0 Å². The Balaban J connectivity index is 1.50. The molecule has 1 aliphatic heterocycles. The lowest BCUT2D eigenvalue weighted by Gasteiger charge is -2.33. The van der Waals surface area contributed by atoms with E-state index in [1.807, 2.05) is 0 Å². The van der Waals surface area contributed by atoms with Crippen molar-refractivity contribution >= 4 is 5.91 Å². The number of carbonyl (C=O) groups excluding carboxylic acids is 1. The first kappa shape index (κ1) is 15.4. The van der Waals surface area contributed by atoms with Crippen molar-refractivity contribution in [3.05, 3.63) is 11.7 Å². The molecule has 3 rings (SSSR count). The van der Waals surface area contributed by atoms with Gasteiger partial charge in [-0.3, -0.25) is 9.69 Å². The van der Waals surface area contributed by atoms with E-state index in [1.54, 1.807) is 4.90 Å². The van der Waals surface area contributed by atoms with E-state index < -0.39 is 6.61 Å². The molecule has 0 radical (unpaired) electrons. The second kappa shape index (κ2) is 7.19. The van der Waals surface area contributed by atoms with Crippen molar-refractivity contribution in [2.75, 3.05) is 32.8 Å².